The van der Waals surface area contributed by atoms with Crippen LogP contribution in [-0.4, -0.2) is 57.5 Å². The summed E-state index contributed by atoms with van der Waals surface area (Å²) in [4.78, 5) is 11.4. The number of halogens is 2. The molecule has 0 bridgehead atoms. The van der Waals surface area contributed by atoms with Gasteiger partial charge < -0.3 is 10.1 Å². The first kappa shape index (κ1) is 23.1. The Balaban J connectivity index is 1.33. The summed E-state index contributed by atoms with van der Waals surface area (Å²) >= 11 is 0. The summed E-state index contributed by atoms with van der Waals surface area (Å²) in [5, 5.41) is 7.80. The molecule has 7 nitrogen and oxygen atoms in total. The monoisotopic (exact) mass is 489 g/mol. The molecule has 9 heteroatoms. The number of benzene rings is 2. The van der Waals surface area contributed by atoms with Crippen LogP contribution in [0.3, 0.4) is 0 Å². The Bertz CT molecular complexity index is 1350. The molecule has 1 atom stereocenters. The largest absolute Gasteiger partial charge is 0.379 e. The zero-order valence-electron chi connectivity index (χ0n) is 19.8. The molecule has 36 heavy (non-hydrogen) atoms. The van der Waals surface area contributed by atoms with Crippen molar-refractivity contribution in [3.8, 4) is 22.4 Å². The number of nitrogens with one attached hydrogen (secondary N) is 1. The number of morpholine rings is 1. The average Bonchev–Trinajstić information content (AvgIpc) is 3.42. The van der Waals surface area contributed by atoms with Crippen LogP contribution < -0.4 is 5.32 Å². The first-order valence-electron chi connectivity index (χ1n) is 12.3. The van der Waals surface area contributed by atoms with Crippen LogP contribution in [0, 0.1) is 18.2 Å². The fourth-order valence-corrected chi connectivity index (χ4v) is 4.90. The van der Waals surface area contributed by atoms with Gasteiger partial charge in [-0.25, -0.2) is 13.8 Å². The number of fused-ring (bicyclic) bond motifs is 1. The molecule has 0 spiro atoms. The lowest BCUT2D eigenvalue weighted by Gasteiger charge is -2.27. The second kappa shape index (κ2) is 10.0. The van der Waals surface area contributed by atoms with Gasteiger partial charge in [0.25, 0.3) is 0 Å². The van der Waals surface area contributed by atoms with Gasteiger partial charge in [0.1, 0.15) is 11.6 Å². The van der Waals surface area contributed by atoms with E-state index in [9.17, 15) is 0 Å². The number of hydrogen-bond acceptors (Lipinski definition) is 6. The zero-order valence-corrected chi connectivity index (χ0v) is 19.8. The van der Waals surface area contributed by atoms with Gasteiger partial charge in [-0.2, -0.15) is 5.10 Å². The van der Waals surface area contributed by atoms with Crippen LogP contribution in [-0.2, 0) is 11.3 Å². The van der Waals surface area contributed by atoms with Gasteiger partial charge >= 0.3 is 0 Å². The Morgan fingerprint density at radius 2 is 1.89 bits per heavy atom. The zero-order chi connectivity index (χ0) is 24.5. The van der Waals surface area contributed by atoms with E-state index in [0.717, 1.165) is 24.9 Å². The predicted molar refractivity (Wildman–Crippen MR) is 133 cm³/mol. The number of ether oxygens (including phenoxy) is 1. The predicted octanol–water partition coefficient (Wildman–Crippen LogP) is 4.36. The van der Waals surface area contributed by atoms with Crippen molar-refractivity contribution in [1.82, 2.24) is 30.0 Å². The van der Waals surface area contributed by atoms with E-state index in [-0.39, 0.29) is 12.1 Å². The van der Waals surface area contributed by atoms with Crippen molar-refractivity contribution in [3.05, 3.63) is 72.7 Å². The van der Waals surface area contributed by atoms with E-state index in [1.807, 2.05) is 34.0 Å². The SMILES string of the molecule is Fc1cc(-c2cccc3ncc(-c4cnn(C5C[CH]NCC5)c4)nc23)cc(F)c1CN1CCOCC1. The molecular formula is C27H27F2N6O. The molecule has 2 aliphatic heterocycles. The summed E-state index contributed by atoms with van der Waals surface area (Å²) in [5.41, 5.74) is 3.94. The maximum atomic E-state index is 15.1. The molecule has 4 aromatic rings. The second-order valence-corrected chi connectivity index (χ2v) is 9.28. The van der Waals surface area contributed by atoms with Gasteiger partial charge in [0.15, 0.2) is 0 Å². The minimum Gasteiger partial charge on any atom is -0.379 e. The van der Waals surface area contributed by atoms with Crippen molar-refractivity contribution in [2.75, 3.05) is 32.8 Å². The third kappa shape index (κ3) is 4.61. The lowest BCUT2D eigenvalue weighted by molar-refractivity contribution is 0.0332. The third-order valence-corrected chi connectivity index (χ3v) is 6.94. The van der Waals surface area contributed by atoms with Gasteiger partial charge in [-0.3, -0.25) is 14.6 Å². The number of para-hydroxylation sites is 1. The van der Waals surface area contributed by atoms with Crippen molar-refractivity contribution in [3.63, 3.8) is 0 Å². The van der Waals surface area contributed by atoms with Crippen LogP contribution in [0.15, 0.2) is 48.9 Å². The van der Waals surface area contributed by atoms with Gasteiger partial charge in [0.05, 0.1) is 48.4 Å². The van der Waals surface area contributed by atoms with Gasteiger partial charge in [-0.05, 0) is 43.1 Å². The molecular weight excluding hydrogens is 462 g/mol. The highest BCUT2D eigenvalue weighted by Gasteiger charge is 2.20. The molecule has 2 aliphatic rings. The molecule has 2 aromatic carbocycles. The summed E-state index contributed by atoms with van der Waals surface area (Å²) in [6.45, 7) is 5.70. The fourth-order valence-electron chi connectivity index (χ4n) is 4.90. The summed E-state index contributed by atoms with van der Waals surface area (Å²) < 4.78 is 37.6. The third-order valence-electron chi connectivity index (χ3n) is 6.94. The molecule has 0 aliphatic carbocycles. The van der Waals surface area contributed by atoms with E-state index in [2.05, 4.69) is 21.9 Å². The molecule has 0 amide bonds. The molecule has 185 valence electrons. The Kier molecular flexibility index (Phi) is 6.43. The number of rotatable bonds is 5. The summed E-state index contributed by atoms with van der Waals surface area (Å²) in [6, 6.07) is 8.61. The molecule has 6 rings (SSSR count). The quantitative estimate of drug-likeness (QED) is 0.450. The Hall–Kier alpha value is -3.27. The van der Waals surface area contributed by atoms with E-state index in [4.69, 9.17) is 9.72 Å². The highest BCUT2D eigenvalue weighted by atomic mass is 19.1. The average molecular weight is 490 g/mol. The summed E-state index contributed by atoms with van der Waals surface area (Å²) in [6.07, 6.45) is 7.41. The smallest absolute Gasteiger partial charge is 0.131 e. The highest BCUT2D eigenvalue weighted by molar-refractivity contribution is 5.92. The fraction of sp³-hybridized carbons (Fsp3) is 0.333. The standard InChI is InChI=1S/C27H27F2N6O/c28-23-12-18(13-24(29)22(23)17-34-8-10-36-11-9-34)21-2-1-3-25-27(21)33-26(15-31-25)19-14-32-35(16-19)20-4-6-30-7-5-20/h1-3,6,12-16,20,30H,4-5,7-11,17H2. The summed E-state index contributed by atoms with van der Waals surface area (Å²) in [7, 11) is 0. The first-order chi connectivity index (χ1) is 17.7. The minimum absolute atomic E-state index is 0.0789. The number of aromatic nitrogens is 4. The second-order valence-electron chi connectivity index (χ2n) is 9.28. The normalized spacial score (nSPS) is 17.6. The van der Waals surface area contributed by atoms with Crippen LogP contribution in [0.4, 0.5) is 8.78 Å². The topological polar surface area (TPSA) is 68.1 Å². The van der Waals surface area contributed by atoms with Crippen LogP contribution in [0.2, 0.25) is 0 Å². The molecule has 0 saturated carbocycles. The van der Waals surface area contributed by atoms with E-state index < -0.39 is 11.6 Å². The molecule has 2 saturated heterocycles. The van der Waals surface area contributed by atoms with E-state index in [0.29, 0.717) is 60.2 Å². The van der Waals surface area contributed by atoms with Crippen molar-refractivity contribution < 1.29 is 13.5 Å². The maximum absolute atomic E-state index is 15.1. The van der Waals surface area contributed by atoms with Crippen LogP contribution >= 0.6 is 0 Å². The Labute approximate surface area is 208 Å². The van der Waals surface area contributed by atoms with Crippen molar-refractivity contribution in [2.24, 2.45) is 0 Å². The number of piperidine rings is 1. The number of nitrogens with zero attached hydrogens (tertiary/aromatic N) is 5. The van der Waals surface area contributed by atoms with Gasteiger partial charge in [-0.15, -0.1) is 0 Å². The lowest BCUT2D eigenvalue weighted by Crippen LogP contribution is -2.36. The number of hydrogen-bond donors (Lipinski definition) is 1. The molecule has 1 N–H and O–H groups in total. The Morgan fingerprint density at radius 3 is 2.67 bits per heavy atom. The Morgan fingerprint density at radius 1 is 1.06 bits per heavy atom. The van der Waals surface area contributed by atoms with Crippen LogP contribution in [0.25, 0.3) is 33.4 Å². The molecule has 1 unspecified atom stereocenters. The van der Waals surface area contributed by atoms with E-state index >= 15 is 8.78 Å². The maximum Gasteiger partial charge on any atom is 0.131 e. The first-order valence-corrected chi connectivity index (χ1v) is 12.3. The molecule has 1 radical (unpaired) electrons. The summed E-state index contributed by atoms with van der Waals surface area (Å²) in [5.74, 6) is -1.12. The van der Waals surface area contributed by atoms with Gasteiger partial charge in [0.2, 0.25) is 0 Å². The van der Waals surface area contributed by atoms with Crippen molar-refractivity contribution >= 4 is 11.0 Å². The lowest BCUT2D eigenvalue weighted by atomic mass is 10.0. The van der Waals surface area contributed by atoms with Crippen molar-refractivity contribution in [2.45, 2.75) is 25.4 Å². The van der Waals surface area contributed by atoms with Gasteiger partial charge in [-0.1, -0.05) is 12.1 Å². The molecule has 2 fully saturated rings. The van der Waals surface area contributed by atoms with Crippen molar-refractivity contribution in [1.29, 1.82) is 0 Å². The van der Waals surface area contributed by atoms with Crippen LogP contribution in [0.1, 0.15) is 24.4 Å². The van der Waals surface area contributed by atoms with E-state index in [1.54, 1.807) is 12.4 Å². The van der Waals surface area contributed by atoms with Crippen LogP contribution in [0.5, 0.6) is 0 Å². The highest BCUT2D eigenvalue weighted by Crippen LogP contribution is 2.31. The molecule has 4 heterocycles. The minimum atomic E-state index is -0.558. The molecule has 2 aromatic heterocycles. The van der Waals surface area contributed by atoms with E-state index in [1.165, 1.54) is 12.1 Å². The van der Waals surface area contributed by atoms with Gasteiger partial charge in [0, 0.05) is 49.1 Å².